The van der Waals surface area contributed by atoms with E-state index in [0.717, 1.165) is 22.4 Å². The number of rotatable bonds is 9. The zero-order valence-corrected chi connectivity index (χ0v) is 21.6. The van der Waals surface area contributed by atoms with Crippen LogP contribution in [0.25, 0.3) is 10.9 Å². The molecule has 1 aromatic carbocycles. The number of para-hydroxylation sites is 1. The molecule has 0 aliphatic rings. The van der Waals surface area contributed by atoms with Crippen molar-refractivity contribution < 1.29 is 14.4 Å². The van der Waals surface area contributed by atoms with Crippen molar-refractivity contribution in [1.82, 2.24) is 24.6 Å². The largest absolute Gasteiger partial charge is 0.395 e. The van der Waals surface area contributed by atoms with E-state index < -0.39 is 23.4 Å². The topological polar surface area (TPSA) is 160 Å². The average molecular weight is 520 g/mol. The van der Waals surface area contributed by atoms with Crippen molar-refractivity contribution in [2.24, 2.45) is 5.73 Å². The molecule has 0 saturated carbocycles. The van der Waals surface area contributed by atoms with E-state index in [1.807, 2.05) is 51.1 Å². The van der Waals surface area contributed by atoms with E-state index in [0.29, 0.717) is 17.5 Å². The lowest BCUT2D eigenvalue weighted by Gasteiger charge is -2.34. The molecule has 0 aliphatic heterocycles. The number of pyridine rings is 1. The number of anilines is 1. The molecule has 0 fully saturated rings. The first-order valence-corrected chi connectivity index (χ1v) is 12.5. The number of carbonyl (C=O) groups excluding carboxylic acids is 3. The van der Waals surface area contributed by atoms with Crippen LogP contribution in [-0.2, 0) is 11.3 Å². The molecule has 11 heteroatoms. The van der Waals surface area contributed by atoms with Crippen LogP contribution in [0.5, 0.6) is 0 Å². The molecule has 4 rings (SSSR count). The first kappa shape index (κ1) is 25.8. The molecule has 1 atom stereocenters. The van der Waals surface area contributed by atoms with Gasteiger partial charge in [0, 0.05) is 47.1 Å². The molecule has 4 aromatic rings. The van der Waals surface area contributed by atoms with Gasteiger partial charge in [-0.2, -0.15) is 4.37 Å². The number of nitrogens with two attached hydrogens (primary N) is 2. The van der Waals surface area contributed by atoms with E-state index in [1.54, 1.807) is 24.7 Å². The fourth-order valence-corrected chi connectivity index (χ4v) is 4.75. The quantitative estimate of drug-likeness (QED) is 0.265. The Kier molecular flexibility index (Phi) is 7.25. The minimum atomic E-state index is -1.03. The molecule has 0 aliphatic carbocycles. The van der Waals surface area contributed by atoms with Gasteiger partial charge in [0.2, 0.25) is 5.91 Å². The predicted octanol–water partition coefficient (Wildman–Crippen LogP) is 3.39. The molecule has 10 nitrogen and oxygen atoms in total. The summed E-state index contributed by atoms with van der Waals surface area (Å²) in [6, 6.07) is 10.1. The molecule has 3 aromatic heterocycles. The number of nitrogens with zero attached hydrogens (tertiary/aromatic N) is 3. The van der Waals surface area contributed by atoms with Crippen LogP contribution in [0.3, 0.4) is 0 Å². The maximum atomic E-state index is 14.1. The van der Waals surface area contributed by atoms with Crippen molar-refractivity contribution in [3.05, 3.63) is 76.7 Å². The van der Waals surface area contributed by atoms with Crippen molar-refractivity contribution in [3.63, 3.8) is 0 Å². The number of H-pyrrole nitrogens is 1. The number of aromatic amines is 1. The average Bonchev–Trinajstić information content (AvgIpc) is 3.47. The summed E-state index contributed by atoms with van der Waals surface area (Å²) in [6.07, 6.45) is 5.68. The standard InChI is InChI=1S/C26H29N7O3S/c1-4-26(2,3)31-24(35)21(17-13-30-18-10-6-5-9-16(17)18)33(14-15-8-7-11-29-12-15)25(36)22-19(27)20(23(28)34)32-37-22/h5-13,21,30H,4,14,27H2,1-3H3,(H2,28,34)(H,31,35). The SMILES string of the molecule is CCC(C)(C)NC(=O)C(c1c[nH]c2ccccc12)N(Cc1cccnc1)C(=O)c1snc(C(N)=O)c1N. The number of hydrogen-bond donors (Lipinski definition) is 4. The zero-order valence-electron chi connectivity index (χ0n) is 20.8. The van der Waals surface area contributed by atoms with Crippen LogP contribution in [0, 0.1) is 0 Å². The van der Waals surface area contributed by atoms with Crippen LogP contribution in [-0.4, -0.2) is 42.5 Å². The Morgan fingerprint density at radius 2 is 1.95 bits per heavy atom. The first-order chi connectivity index (χ1) is 17.6. The summed E-state index contributed by atoms with van der Waals surface area (Å²) >= 11 is 0.777. The van der Waals surface area contributed by atoms with E-state index >= 15 is 0 Å². The summed E-state index contributed by atoms with van der Waals surface area (Å²) in [5, 5.41) is 3.89. The van der Waals surface area contributed by atoms with Gasteiger partial charge in [-0.1, -0.05) is 31.2 Å². The molecule has 0 saturated heterocycles. The molecule has 3 heterocycles. The summed E-state index contributed by atoms with van der Waals surface area (Å²) in [4.78, 5) is 48.6. The van der Waals surface area contributed by atoms with E-state index in [9.17, 15) is 14.4 Å². The molecular weight excluding hydrogens is 490 g/mol. The fourth-order valence-electron chi connectivity index (χ4n) is 3.99. The number of nitrogen functional groups attached to an aromatic ring is 1. The molecule has 0 bridgehead atoms. The third kappa shape index (κ3) is 5.31. The molecule has 6 N–H and O–H groups in total. The van der Waals surface area contributed by atoms with Crippen molar-refractivity contribution in [3.8, 4) is 0 Å². The number of amides is 3. The molecule has 192 valence electrons. The van der Waals surface area contributed by atoms with Gasteiger partial charge in [-0.3, -0.25) is 19.4 Å². The lowest BCUT2D eigenvalue weighted by atomic mass is 9.98. The Morgan fingerprint density at radius 1 is 1.19 bits per heavy atom. The number of aromatic nitrogens is 3. The highest BCUT2D eigenvalue weighted by atomic mass is 32.1. The van der Waals surface area contributed by atoms with Gasteiger partial charge < -0.3 is 26.7 Å². The Bertz CT molecular complexity index is 1440. The first-order valence-electron chi connectivity index (χ1n) is 11.8. The molecule has 3 amide bonds. The van der Waals surface area contributed by atoms with Crippen molar-refractivity contribution in [1.29, 1.82) is 0 Å². The van der Waals surface area contributed by atoms with Crippen LogP contribution in [0.2, 0.25) is 0 Å². The van der Waals surface area contributed by atoms with Crippen molar-refractivity contribution >= 4 is 45.8 Å². The smallest absolute Gasteiger partial charge is 0.270 e. The normalized spacial score (nSPS) is 12.3. The molecular formula is C26H29N7O3S. The van der Waals surface area contributed by atoms with E-state index in [-0.39, 0.29) is 28.7 Å². The van der Waals surface area contributed by atoms with Gasteiger partial charge >= 0.3 is 0 Å². The zero-order chi connectivity index (χ0) is 26.7. The van der Waals surface area contributed by atoms with E-state index in [4.69, 9.17) is 11.5 Å². The van der Waals surface area contributed by atoms with Crippen LogP contribution >= 0.6 is 11.5 Å². The number of fused-ring (bicyclic) bond motifs is 1. The van der Waals surface area contributed by atoms with Crippen LogP contribution < -0.4 is 16.8 Å². The number of benzene rings is 1. The lowest BCUT2D eigenvalue weighted by molar-refractivity contribution is -0.127. The third-order valence-electron chi connectivity index (χ3n) is 6.31. The monoisotopic (exact) mass is 519 g/mol. The van der Waals surface area contributed by atoms with Crippen LogP contribution in [0.15, 0.2) is 55.0 Å². The maximum absolute atomic E-state index is 14.1. The molecule has 0 spiro atoms. The van der Waals surface area contributed by atoms with Gasteiger partial charge in [-0.05, 0) is 49.5 Å². The van der Waals surface area contributed by atoms with Gasteiger partial charge in [0.25, 0.3) is 11.8 Å². The Morgan fingerprint density at radius 3 is 2.59 bits per heavy atom. The Balaban J connectivity index is 1.89. The highest BCUT2D eigenvalue weighted by Crippen LogP contribution is 2.34. The molecule has 1 unspecified atom stereocenters. The van der Waals surface area contributed by atoms with Gasteiger partial charge in [-0.25, -0.2) is 0 Å². The molecule has 0 radical (unpaired) electrons. The van der Waals surface area contributed by atoms with E-state index in [1.165, 1.54) is 4.90 Å². The van der Waals surface area contributed by atoms with Gasteiger partial charge in [0.15, 0.2) is 5.69 Å². The third-order valence-corrected chi connectivity index (χ3v) is 7.16. The molecule has 37 heavy (non-hydrogen) atoms. The second-order valence-corrected chi connectivity index (χ2v) is 10.1. The van der Waals surface area contributed by atoms with Gasteiger partial charge in [0.05, 0.1) is 5.69 Å². The predicted molar refractivity (Wildman–Crippen MR) is 143 cm³/mol. The Hall–Kier alpha value is -4.25. The summed E-state index contributed by atoms with van der Waals surface area (Å²) in [7, 11) is 0. The number of nitrogens with one attached hydrogen (secondary N) is 2. The van der Waals surface area contributed by atoms with Gasteiger partial charge in [-0.15, -0.1) is 0 Å². The minimum Gasteiger partial charge on any atom is -0.395 e. The summed E-state index contributed by atoms with van der Waals surface area (Å²) < 4.78 is 3.99. The highest BCUT2D eigenvalue weighted by Gasteiger charge is 2.37. The van der Waals surface area contributed by atoms with Crippen LogP contribution in [0.1, 0.15) is 64.5 Å². The maximum Gasteiger partial charge on any atom is 0.270 e. The summed E-state index contributed by atoms with van der Waals surface area (Å²) in [6.45, 7) is 5.87. The second-order valence-electron chi connectivity index (χ2n) is 9.35. The van der Waals surface area contributed by atoms with Gasteiger partial charge in [0.1, 0.15) is 10.9 Å². The van der Waals surface area contributed by atoms with E-state index in [2.05, 4.69) is 19.7 Å². The highest BCUT2D eigenvalue weighted by molar-refractivity contribution is 7.09. The second kappa shape index (κ2) is 10.4. The number of primary amides is 1. The summed E-state index contributed by atoms with van der Waals surface area (Å²) in [5.74, 6) is -1.74. The Labute approximate surface area is 218 Å². The van der Waals surface area contributed by atoms with Crippen LogP contribution in [0.4, 0.5) is 5.69 Å². The van der Waals surface area contributed by atoms with Crippen molar-refractivity contribution in [2.75, 3.05) is 5.73 Å². The fraction of sp³-hybridized carbons (Fsp3) is 0.269. The summed E-state index contributed by atoms with van der Waals surface area (Å²) in [5.41, 5.74) is 12.9. The number of carbonyl (C=O) groups is 3. The number of hydrogen-bond acceptors (Lipinski definition) is 7. The minimum absolute atomic E-state index is 0.0325. The van der Waals surface area contributed by atoms with Crippen molar-refractivity contribution in [2.45, 2.75) is 45.3 Å². The lowest BCUT2D eigenvalue weighted by Crippen LogP contribution is -2.50.